The molecule has 0 bridgehead atoms. The normalized spacial score (nSPS) is 17.2. The van der Waals surface area contributed by atoms with Crippen LogP contribution in [0, 0.1) is 0 Å². The van der Waals surface area contributed by atoms with Gasteiger partial charge in [0.1, 0.15) is 17.3 Å². The number of nitrogens with one attached hydrogen (secondary N) is 3. The number of urea groups is 1. The zero-order chi connectivity index (χ0) is 27.9. The van der Waals surface area contributed by atoms with Crippen LogP contribution in [0.3, 0.4) is 0 Å². The Hall–Kier alpha value is -4.54. The number of allylic oxidation sites excluding steroid dienone is 2. The highest BCUT2D eigenvalue weighted by molar-refractivity contribution is 6.04. The number of alkyl carbamates (subject to hydrolysis) is 1. The quantitative estimate of drug-likeness (QED) is 0.362. The van der Waals surface area contributed by atoms with Gasteiger partial charge < -0.3 is 29.4 Å². The largest absolute Gasteiger partial charge is 0.497 e. The maximum Gasteiger partial charge on any atom is 0.407 e. The van der Waals surface area contributed by atoms with Crippen molar-refractivity contribution in [2.75, 3.05) is 27.3 Å². The van der Waals surface area contributed by atoms with Crippen molar-refractivity contribution in [2.45, 2.75) is 38.8 Å². The lowest BCUT2D eigenvalue weighted by Crippen LogP contribution is -2.25. The standard InChI is InChI=1S/C18H21N3O5.C10H11NO2/c1-2-25-18(24)19-8-4-6-11-5-3-7-13-12(9-11)10-14(26-13)15-16(22)21-17(23)20-15;1-11-6-7-3-4-8(13-2)5-9(7)10(11)12/h3,7,9-10,15H,2,4-6,8H2,1H3,(H,19,24)(H2,20,21,22,23);3-5H,6H2,1-2H3. The monoisotopic (exact) mass is 536 g/mol. The number of amides is 5. The number of benzene rings is 1. The Balaban J connectivity index is 0.000000226. The molecule has 1 aromatic heterocycles. The summed E-state index contributed by atoms with van der Waals surface area (Å²) in [6, 6.07) is 6.07. The van der Waals surface area contributed by atoms with E-state index in [-0.39, 0.29) is 5.91 Å². The SMILES string of the molecule is CCOC(=O)NCCCC1=Cc2cc(C3NC(=O)NC3=O)oc2C=CC1.COc1ccc2c(c1)C(=O)N(C)C2. The van der Waals surface area contributed by atoms with Crippen LogP contribution in [0.4, 0.5) is 9.59 Å². The second-order valence-corrected chi connectivity index (χ2v) is 9.21. The Labute approximate surface area is 226 Å². The van der Waals surface area contributed by atoms with E-state index in [0.717, 1.165) is 41.7 Å². The third-order valence-corrected chi connectivity index (χ3v) is 6.40. The Kier molecular flexibility index (Phi) is 8.70. The molecular weight excluding hydrogens is 504 g/mol. The van der Waals surface area contributed by atoms with Crippen LogP contribution in [0.1, 0.15) is 65.2 Å². The predicted octanol–water partition coefficient (Wildman–Crippen LogP) is 3.77. The highest BCUT2D eigenvalue weighted by Gasteiger charge is 2.34. The number of methoxy groups -OCH3 is 1. The number of ether oxygens (including phenoxy) is 2. The molecule has 11 nitrogen and oxygen atoms in total. The molecule has 0 spiro atoms. The van der Waals surface area contributed by atoms with Crippen LogP contribution >= 0.6 is 0 Å². The van der Waals surface area contributed by atoms with Crippen LogP contribution in [0.15, 0.2) is 40.3 Å². The van der Waals surface area contributed by atoms with Crippen LogP contribution < -0.4 is 20.7 Å². The van der Waals surface area contributed by atoms with Gasteiger partial charge in [-0.3, -0.25) is 14.9 Å². The van der Waals surface area contributed by atoms with E-state index in [1.54, 1.807) is 38.1 Å². The number of nitrogens with zero attached hydrogens (tertiary/aromatic N) is 1. The Morgan fingerprint density at radius 1 is 1.23 bits per heavy atom. The fourth-order valence-corrected chi connectivity index (χ4v) is 4.45. The van der Waals surface area contributed by atoms with Crippen molar-refractivity contribution in [3.05, 3.63) is 64.1 Å². The average molecular weight is 537 g/mol. The van der Waals surface area contributed by atoms with E-state index in [9.17, 15) is 19.2 Å². The summed E-state index contributed by atoms with van der Waals surface area (Å²) in [5.41, 5.74) is 3.91. The minimum absolute atomic E-state index is 0.0777. The summed E-state index contributed by atoms with van der Waals surface area (Å²) in [6.07, 6.45) is 7.89. The Morgan fingerprint density at radius 2 is 2.05 bits per heavy atom. The topological polar surface area (TPSA) is 139 Å². The first-order valence-corrected chi connectivity index (χ1v) is 12.7. The van der Waals surface area contributed by atoms with Crippen molar-refractivity contribution in [1.29, 1.82) is 0 Å². The molecule has 11 heteroatoms. The van der Waals surface area contributed by atoms with Crippen molar-refractivity contribution >= 4 is 36.1 Å². The van der Waals surface area contributed by atoms with Crippen LogP contribution in [0.2, 0.25) is 0 Å². The number of carbonyl (C=O) groups is 4. The summed E-state index contributed by atoms with van der Waals surface area (Å²) in [5.74, 6) is 1.46. The van der Waals surface area contributed by atoms with Crippen molar-refractivity contribution < 1.29 is 33.1 Å². The first-order valence-electron chi connectivity index (χ1n) is 12.7. The number of hydrogen-bond donors (Lipinski definition) is 3. The molecule has 2 aliphatic heterocycles. The van der Waals surface area contributed by atoms with Gasteiger partial charge in [0.25, 0.3) is 11.8 Å². The van der Waals surface area contributed by atoms with E-state index < -0.39 is 24.1 Å². The third kappa shape index (κ3) is 6.67. The van der Waals surface area contributed by atoms with Gasteiger partial charge in [-0.05, 0) is 56.0 Å². The lowest BCUT2D eigenvalue weighted by molar-refractivity contribution is -0.120. The summed E-state index contributed by atoms with van der Waals surface area (Å²) in [5, 5.41) is 7.42. The minimum atomic E-state index is -0.798. The highest BCUT2D eigenvalue weighted by atomic mass is 16.5. The van der Waals surface area contributed by atoms with Crippen LogP contribution in [0.5, 0.6) is 5.75 Å². The first-order chi connectivity index (χ1) is 18.8. The van der Waals surface area contributed by atoms with E-state index in [4.69, 9.17) is 13.9 Å². The number of imide groups is 1. The molecule has 39 heavy (non-hydrogen) atoms. The smallest absolute Gasteiger partial charge is 0.407 e. The predicted molar refractivity (Wildman–Crippen MR) is 143 cm³/mol. The van der Waals surface area contributed by atoms with Crippen LogP contribution in [-0.4, -0.2) is 56.1 Å². The van der Waals surface area contributed by atoms with E-state index in [2.05, 4.69) is 16.0 Å². The van der Waals surface area contributed by atoms with Crippen molar-refractivity contribution in [1.82, 2.24) is 20.9 Å². The van der Waals surface area contributed by atoms with Gasteiger partial charge in [0.05, 0.1) is 13.7 Å². The van der Waals surface area contributed by atoms with Crippen molar-refractivity contribution in [3.8, 4) is 5.75 Å². The number of rotatable bonds is 7. The maximum atomic E-state index is 11.8. The number of carbonyl (C=O) groups excluding carboxylic acids is 4. The fourth-order valence-electron chi connectivity index (χ4n) is 4.45. The number of furan rings is 1. The molecule has 0 radical (unpaired) electrons. The van der Waals surface area contributed by atoms with E-state index in [0.29, 0.717) is 31.2 Å². The molecule has 3 N–H and O–H groups in total. The Morgan fingerprint density at radius 3 is 2.77 bits per heavy atom. The first kappa shape index (κ1) is 27.5. The molecular formula is C28H32N4O7. The molecule has 5 rings (SSSR count). The maximum absolute atomic E-state index is 11.8. The third-order valence-electron chi connectivity index (χ3n) is 6.40. The molecule has 1 aliphatic carbocycles. The summed E-state index contributed by atoms with van der Waals surface area (Å²) in [7, 11) is 3.40. The van der Waals surface area contributed by atoms with Gasteiger partial charge in [-0.1, -0.05) is 23.8 Å². The average Bonchev–Trinajstić information content (AvgIpc) is 3.51. The molecule has 5 amide bonds. The zero-order valence-corrected chi connectivity index (χ0v) is 22.2. The van der Waals surface area contributed by atoms with E-state index in [1.165, 1.54) is 5.57 Å². The van der Waals surface area contributed by atoms with Gasteiger partial charge in [0.2, 0.25) is 0 Å². The molecule has 3 heterocycles. The van der Waals surface area contributed by atoms with Gasteiger partial charge in [-0.15, -0.1) is 0 Å². The van der Waals surface area contributed by atoms with Gasteiger partial charge in [0, 0.05) is 31.3 Å². The fraction of sp³-hybridized carbons (Fsp3) is 0.357. The van der Waals surface area contributed by atoms with Crippen molar-refractivity contribution in [2.24, 2.45) is 0 Å². The molecule has 2 aromatic rings. The highest BCUT2D eigenvalue weighted by Crippen LogP contribution is 2.30. The van der Waals surface area contributed by atoms with E-state index >= 15 is 0 Å². The molecule has 206 valence electrons. The van der Waals surface area contributed by atoms with Gasteiger partial charge in [-0.25, -0.2) is 9.59 Å². The molecule has 1 aromatic carbocycles. The molecule has 0 saturated carbocycles. The van der Waals surface area contributed by atoms with E-state index in [1.807, 2.05) is 30.4 Å². The molecule has 1 atom stereocenters. The van der Waals surface area contributed by atoms with Gasteiger partial charge in [0.15, 0.2) is 6.04 Å². The second kappa shape index (κ2) is 12.3. The lowest BCUT2D eigenvalue weighted by Gasteiger charge is -2.06. The summed E-state index contributed by atoms with van der Waals surface area (Å²) < 4.78 is 15.6. The lowest BCUT2D eigenvalue weighted by atomic mass is 10.0. The van der Waals surface area contributed by atoms with Crippen LogP contribution in [0.25, 0.3) is 12.2 Å². The molecule has 3 aliphatic rings. The van der Waals surface area contributed by atoms with Gasteiger partial charge in [-0.2, -0.15) is 0 Å². The van der Waals surface area contributed by atoms with Crippen LogP contribution in [-0.2, 0) is 16.1 Å². The summed E-state index contributed by atoms with van der Waals surface area (Å²) in [4.78, 5) is 47.5. The molecule has 1 saturated heterocycles. The molecule has 1 unspecified atom stereocenters. The minimum Gasteiger partial charge on any atom is -0.497 e. The Bertz CT molecular complexity index is 1330. The zero-order valence-electron chi connectivity index (χ0n) is 22.2. The summed E-state index contributed by atoms with van der Waals surface area (Å²) >= 11 is 0. The van der Waals surface area contributed by atoms with Crippen molar-refractivity contribution in [3.63, 3.8) is 0 Å². The second-order valence-electron chi connectivity index (χ2n) is 9.21. The number of fused-ring (bicyclic) bond motifs is 2. The summed E-state index contributed by atoms with van der Waals surface area (Å²) in [6.45, 7) is 3.36. The van der Waals surface area contributed by atoms with Gasteiger partial charge >= 0.3 is 12.1 Å². The number of hydrogen-bond acceptors (Lipinski definition) is 7. The molecule has 1 fully saturated rings.